The molecule has 132 valence electrons. The van der Waals surface area contributed by atoms with E-state index >= 15 is 0 Å². The van der Waals surface area contributed by atoms with Gasteiger partial charge in [0.05, 0.1) is 5.69 Å². The monoisotopic (exact) mass is 389 g/mol. The van der Waals surface area contributed by atoms with Gasteiger partial charge in [-0.15, -0.1) is 11.3 Å². The minimum atomic E-state index is -0.665. The van der Waals surface area contributed by atoms with Crippen molar-refractivity contribution in [1.82, 2.24) is 0 Å². The summed E-state index contributed by atoms with van der Waals surface area (Å²) < 4.78 is 18.7. The van der Waals surface area contributed by atoms with Gasteiger partial charge in [0, 0.05) is 10.6 Å². The molecule has 3 aromatic rings. The van der Waals surface area contributed by atoms with Crippen LogP contribution in [0.2, 0.25) is 5.02 Å². The smallest absolute Gasteiger partial charge is 0.349 e. The molecule has 0 bridgehead atoms. The van der Waals surface area contributed by atoms with E-state index in [9.17, 15) is 14.0 Å². The number of ether oxygens (including phenoxy) is 1. The summed E-state index contributed by atoms with van der Waals surface area (Å²) in [6, 6.07) is 15.1. The van der Waals surface area contributed by atoms with Crippen molar-refractivity contribution in [3.8, 4) is 11.1 Å². The van der Waals surface area contributed by atoms with Gasteiger partial charge in [-0.05, 0) is 35.2 Å². The van der Waals surface area contributed by atoms with E-state index in [1.54, 1.807) is 5.38 Å². The van der Waals surface area contributed by atoms with Crippen molar-refractivity contribution in [2.75, 3.05) is 11.9 Å². The Kier molecular flexibility index (Phi) is 5.65. The normalized spacial score (nSPS) is 10.4. The fraction of sp³-hybridized carbons (Fsp3) is 0.0526. The van der Waals surface area contributed by atoms with Gasteiger partial charge in [-0.1, -0.05) is 41.9 Å². The number of carbonyl (C=O) groups excluding carboxylic acids is 2. The number of hydrogen-bond donors (Lipinski definition) is 1. The first-order valence-corrected chi connectivity index (χ1v) is 8.85. The SMILES string of the molecule is O=C(COC(=O)c1sccc1-c1ccccc1)Nc1ccc(Cl)cc1F. The average molecular weight is 390 g/mol. The Hall–Kier alpha value is -2.70. The van der Waals surface area contributed by atoms with E-state index < -0.39 is 24.3 Å². The van der Waals surface area contributed by atoms with Gasteiger partial charge in [0.2, 0.25) is 0 Å². The van der Waals surface area contributed by atoms with Gasteiger partial charge in [0.15, 0.2) is 6.61 Å². The number of hydrogen-bond acceptors (Lipinski definition) is 4. The van der Waals surface area contributed by atoms with Crippen LogP contribution in [0.3, 0.4) is 0 Å². The minimum Gasteiger partial charge on any atom is -0.451 e. The topological polar surface area (TPSA) is 55.4 Å². The number of nitrogens with one attached hydrogen (secondary N) is 1. The number of amides is 1. The number of thiophene rings is 1. The zero-order valence-electron chi connectivity index (χ0n) is 13.4. The number of anilines is 1. The maximum absolute atomic E-state index is 13.7. The van der Waals surface area contributed by atoms with Crippen molar-refractivity contribution < 1.29 is 18.7 Å². The molecule has 0 radical (unpaired) electrons. The largest absolute Gasteiger partial charge is 0.451 e. The molecule has 1 aromatic heterocycles. The summed E-state index contributed by atoms with van der Waals surface area (Å²) in [5.74, 6) is -1.91. The van der Waals surface area contributed by atoms with Gasteiger partial charge in [-0.2, -0.15) is 0 Å². The summed E-state index contributed by atoms with van der Waals surface area (Å²) >= 11 is 6.89. The van der Waals surface area contributed by atoms with Gasteiger partial charge in [0.25, 0.3) is 5.91 Å². The van der Waals surface area contributed by atoms with Crippen LogP contribution >= 0.6 is 22.9 Å². The highest BCUT2D eigenvalue weighted by atomic mass is 35.5. The first-order chi connectivity index (χ1) is 12.5. The maximum Gasteiger partial charge on any atom is 0.349 e. The van der Waals surface area contributed by atoms with E-state index in [-0.39, 0.29) is 10.7 Å². The molecule has 0 atom stereocenters. The Morgan fingerprint density at radius 1 is 1.12 bits per heavy atom. The van der Waals surface area contributed by atoms with E-state index in [0.29, 0.717) is 4.88 Å². The molecule has 1 N–H and O–H groups in total. The van der Waals surface area contributed by atoms with Crippen LogP contribution in [-0.4, -0.2) is 18.5 Å². The lowest BCUT2D eigenvalue weighted by molar-refractivity contribution is -0.119. The molecule has 0 aliphatic carbocycles. The van der Waals surface area contributed by atoms with Crippen molar-refractivity contribution in [2.45, 2.75) is 0 Å². The molecule has 1 heterocycles. The fourth-order valence-corrected chi connectivity index (χ4v) is 3.25. The highest BCUT2D eigenvalue weighted by molar-refractivity contribution is 7.12. The third kappa shape index (κ3) is 4.28. The van der Waals surface area contributed by atoms with E-state index in [1.807, 2.05) is 36.4 Å². The van der Waals surface area contributed by atoms with Crippen molar-refractivity contribution >= 4 is 40.5 Å². The van der Waals surface area contributed by atoms with Crippen LogP contribution in [0.5, 0.6) is 0 Å². The zero-order valence-corrected chi connectivity index (χ0v) is 14.9. The lowest BCUT2D eigenvalue weighted by Gasteiger charge is -2.08. The standard InChI is InChI=1S/C19H13ClFNO3S/c20-13-6-7-16(15(21)10-13)22-17(23)11-25-19(24)18-14(8-9-26-18)12-4-2-1-3-5-12/h1-10H,11H2,(H,22,23). The molecule has 0 aliphatic heterocycles. The third-order valence-electron chi connectivity index (χ3n) is 3.47. The second-order valence-corrected chi connectivity index (χ2v) is 6.63. The summed E-state index contributed by atoms with van der Waals surface area (Å²) in [6.07, 6.45) is 0. The molecule has 0 fully saturated rings. The Bertz CT molecular complexity index is 943. The summed E-state index contributed by atoms with van der Waals surface area (Å²) in [7, 11) is 0. The van der Waals surface area contributed by atoms with Crippen LogP contribution in [0, 0.1) is 5.82 Å². The number of esters is 1. The van der Waals surface area contributed by atoms with Crippen LogP contribution < -0.4 is 5.32 Å². The van der Waals surface area contributed by atoms with Gasteiger partial charge < -0.3 is 10.1 Å². The molecule has 26 heavy (non-hydrogen) atoms. The van der Waals surface area contributed by atoms with Crippen molar-refractivity contribution in [3.05, 3.63) is 75.7 Å². The quantitative estimate of drug-likeness (QED) is 0.624. The lowest BCUT2D eigenvalue weighted by atomic mass is 10.1. The van der Waals surface area contributed by atoms with E-state index in [4.69, 9.17) is 16.3 Å². The Morgan fingerprint density at radius 2 is 1.88 bits per heavy atom. The molecule has 4 nitrogen and oxygen atoms in total. The van der Waals surface area contributed by atoms with Crippen LogP contribution in [0.4, 0.5) is 10.1 Å². The molecule has 0 saturated heterocycles. The number of rotatable bonds is 5. The first-order valence-electron chi connectivity index (χ1n) is 7.59. The molecule has 0 spiro atoms. The molecule has 1 amide bonds. The van der Waals surface area contributed by atoms with E-state index in [1.165, 1.54) is 23.5 Å². The highest BCUT2D eigenvalue weighted by Gasteiger charge is 2.17. The summed E-state index contributed by atoms with van der Waals surface area (Å²) in [5.41, 5.74) is 1.59. The Balaban J connectivity index is 1.63. The summed E-state index contributed by atoms with van der Waals surface area (Å²) in [5, 5.41) is 4.34. The van der Waals surface area contributed by atoms with Crippen molar-refractivity contribution in [3.63, 3.8) is 0 Å². The first kappa shape index (κ1) is 18.1. The lowest BCUT2D eigenvalue weighted by Crippen LogP contribution is -2.21. The van der Waals surface area contributed by atoms with Crippen LogP contribution in [0.1, 0.15) is 9.67 Å². The van der Waals surface area contributed by atoms with Gasteiger partial charge in [0.1, 0.15) is 10.7 Å². The Morgan fingerprint density at radius 3 is 2.62 bits per heavy atom. The highest BCUT2D eigenvalue weighted by Crippen LogP contribution is 2.28. The molecule has 0 unspecified atom stereocenters. The molecule has 3 rings (SSSR count). The molecule has 0 saturated carbocycles. The zero-order chi connectivity index (χ0) is 18.5. The summed E-state index contributed by atoms with van der Waals surface area (Å²) in [4.78, 5) is 24.6. The van der Waals surface area contributed by atoms with Crippen LogP contribution in [0.15, 0.2) is 60.0 Å². The second kappa shape index (κ2) is 8.12. The second-order valence-electron chi connectivity index (χ2n) is 5.28. The molecule has 0 aliphatic rings. The summed E-state index contributed by atoms with van der Waals surface area (Å²) in [6.45, 7) is -0.521. The van der Waals surface area contributed by atoms with Gasteiger partial charge in [-0.3, -0.25) is 4.79 Å². The van der Waals surface area contributed by atoms with E-state index in [0.717, 1.165) is 17.2 Å². The number of halogens is 2. The maximum atomic E-state index is 13.7. The molecular formula is C19H13ClFNO3S. The van der Waals surface area contributed by atoms with E-state index in [2.05, 4.69) is 5.32 Å². The van der Waals surface area contributed by atoms with Gasteiger partial charge >= 0.3 is 5.97 Å². The minimum absolute atomic E-state index is 0.0310. The predicted octanol–water partition coefficient (Wildman–Crippen LogP) is 5.00. The molecule has 7 heteroatoms. The Labute approximate surface area is 158 Å². The van der Waals surface area contributed by atoms with Crippen molar-refractivity contribution in [1.29, 1.82) is 0 Å². The number of carbonyl (C=O) groups is 2. The number of benzene rings is 2. The molecule has 2 aromatic carbocycles. The van der Waals surface area contributed by atoms with Crippen LogP contribution in [0.25, 0.3) is 11.1 Å². The average Bonchev–Trinajstić information content (AvgIpc) is 3.13. The molecular weight excluding hydrogens is 377 g/mol. The third-order valence-corrected chi connectivity index (χ3v) is 4.60. The van der Waals surface area contributed by atoms with Crippen molar-refractivity contribution in [2.24, 2.45) is 0 Å². The predicted molar refractivity (Wildman–Crippen MR) is 100 cm³/mol. The van der Waals surface area contributed by atoms with Gasteiger partial charge in [-0.25, -0.2) is 9.18 Å². The fourth-order valence-electron chi connectivity index (χ4n) is 2.29. The van der Waals surface area contributed by atoms with Crippen LogP contribution in [-0.2, 0) is 9.53 Å².